The average molecular weight is 405 g/mol. The number of imidazole rings is 1. The highest BCUT2D eigenvalue weighted by molar-refractivity contribution is 5.94. The molecule has 4 rings (SSSR count). The lowest BCUT2D eigenvalue weighted by Gasteiger charge is -2.21. The molecule has 0 fully saturated rings. The molecule has 0 saturated carbocycles. The van der Waals surface area contributed by atoms with Crippen LogP contribution in [0.2, 0.25) is 0 Å². The van der Waals surface area contributed by atoms with Gasteiger partial charge in [-0.3, -0.25) is 4.79 Å². The summed E-state index contributed by atoms with van der Waals surface area (Å²) < 4.78 is 13.4. The summed E-state index contributed by atoms with van der Waals surface area (Å²) in [5.74, 6) is 0.910. The van der Waals surface area contributed by atoms with Gasteiger partial charge in [0.1, 0.15) is 17.2 Å². The van der Waals surface area contributed by atoms with Gasteiger partial charge in [0.15, 0.2) is 0 Å². The Labute approximate surface area is 173 Å². The predicted molar refractivity (Wildman–Crippen MR) is 113 cm³/mol. The van der Waals surface area contributed by atoms with E-state index >= 15 is 0 Å². The van der Waals surface area contributed by atoms with Crippen molar-refractivity contribution in [1.29, 1.82) is 0 Å². The molecule has 0 spiro atoms. The minimum atomic E-state index is -0.649. The van der Waals surface area contributed by atoms with Crippen LogP contribution in [-0.2, 0) is 0 Å². The predicted octanol–water partition coefficient (Wildman–Crippen LogP) is 3.79. The van der Waals surface area contributed by atoms with Crippen molar-refractivity contribution in [3.63, 3.8) is 0 Å². The monoisotopic (exact) mass is 405 g/mol. The summed E-state index contributed by atoms with van der Waals surface area (Å²) in [6.07, 6.45) is 4.67. The number of furan rings is 1. The topological polar surface area (TPSA) is 104 Å². The Kier molecular flexibility index (Phi) is 5.54. The number of primary amides is 1. The third-order valence-electron chi connectivity index (χ3n) is 5.08. The second-order valence-electron chi connectivity index (χ2n) is 7.20. The van der Waals surface area contributed by atoms with Crippen molar-refractivity contribution in [3.8, 4) is 17.1 Å². The molecule has 7 heteroatoms. The smallest absolute Gasteiger partial charge is 0.268 e. The number of aliphatic hydroxyl groups excluding tert-OH is 1. The van der Waals surface area contributed by atoms with Gasteiger partial charge < -0.3 is 24.6 Å². The SMILES string of the molecule is C[C@H](O)[C@@H](CCOc1cccc(-c2occ3ccccc23)c1)n1cnc(C(N)=O)c1. The van der Waals surface area contributed by atoms with E-state index in [2.05, 4.69) is 4.98 Å². The molecular formula is C23H23N3O4. The summed E-state index contributed by atoms with van der Waals surface area (Å²) in [5, 5.41) is 12.2. The fraction of sp³-hybridized carbons (Fsp3) is 0.217. The number of aromatic nitrogens is 2. The zero-order valence-electron chi connectivity index (χ0n) is 16.6. The Hall–Kier alpha value is -3.58. The van der Waals surface area contributed by atoms with Crippen molar-refractivity contribution in [1.82, 2.24) is 9.55 Å². The van der Waals surface area contributed by atoms with E-state index in [4.69, 9.17) is 14.9 Å². The van der Waals surface area contributed by atoms with E-state index in [9.17, 15) is 9.90 Å². The first kappa shape index (κ1) is 19.7. The number of hydrogen-bond acceptors (Lipinski definition) is 5. The van der Waals surface area contributed by atoms with Gasteiger partial charge in [-0.2, -0.15) is 0 Å². The lowest BCUT2D eigenvalue weighted by molar-refractivity contribution is 0.0993. The lowest BCUT2D eigenvalue weighted by Crippen LogP contribution is -2.23. The third-order valence-corrected chi connectivity index (χ3v) is 5.08. The molecule has 0 saturated heterocycles. The zero-order chi connectivity index (χ0) is 21.1. The molecule has 0 aliphatic rings. The molecule has 2 heterocycles. The molecule has 0 unspecified atom stereocenters. The Morgan fingerprint density at radius 3 is 2.87 bits per heavy atom. The van der Waals surface area contributed by atoms with Crippen molar-refractivity contribution < 1.29 is 19.1 Å². The molecular weight excluding hydrogens is 382 g/mol. The van der Waals surface area contributed by atoms with Crippen LogP contribution in [0.25, 0.3) is 22.1 Å². The van der Waals surface area contributed by atoms with Gasteiger partial charge in [0.2, 0.25) is 0 Å². The van der Waals surface area contributed by atoms with Crippen LogP contribution < -0.4 is 10.5 Å². The van der Waals surface area contributed by atoms with E-state index in [0.29, 0.717) is 18.8 Å². The standard InChI is InChI=1S/C23H23N3O4/c1-15(27)21(26-12-20(23(24)28)25-14-26)9-10-29-18-7-4-6-16(11-18)22-19-8-3-2-5-17(19)13-30-22/h2-8,11-15,21,27H,9-10H2,1H3,(H2,24,28)/t15-,21+/m0/s1. The average Bonchev–Trinajstić information content (AvgIpc) is 3.39. The first-order valence-electron chi connectivity index (χ1n) is 9.74. The first-order valence-corrected chi connectivity index (χ1v) is 9.74. The van der Waals surface area contributed by atoms with Gasteiger partial charge in [-0.05, 0) is 19.1 Å². The number of nitrogens with zero attached hydrogens (tertiary/aromatic N) is 2. The molecule has 0 radical (unpaired) electrons. The first-order chi connectivity index (χ1) is 14.5. The van der Waals surface area contributed by atoms with Crippen molar-refractivity contribution in [2.45, 2.75) is 25.5 Å². The maximum Gasteiger partial charge on any atom is 0.268 e. The summed E-state index contributed by atoms with van der Waals surface area (Å²) in [7, 11) is 0. The highest BCUT2D eigenvalue weighted by Crippen LogP contribution is 2.32. The molecule has 1 amide bonds. The molecule has 0 aliphatic heterocycles. The van der Waals surface area contributed by atoms with Gasteiger partial charge in [-0.15, -0.1) is 0 Å². The Morgan fingerprint density at radius 1 is 1.27 bits per heavy atom. The van der Waals surface area contributed by atoms with E-state index in [0.717, 1.165) is 22.1 Å². The molecule has 2 atom stereocenters. The number of carbonyl (C=O) groups is 1. The Bertz CT molecular complexity index is 1160. The van der Waals surface area contributed by atoms with Crippen LogP contribution in [0.15, 0.2) is 71.7 Å². The van der Waals surface area contributed by atoms with Crippen LogP contribution in [0, 0.1) is 0 Å². The summed E-state index contributed by atoms with van der Waals surface area (Å²) in [5.41, 5.74) is 6.36. The van der Waals surface area contributed by atoms with Gasteiger partial charge in [0.05, 0.1) is 31.3 Å². The Morgan fingerprint density at radius 2 is 2.10 bits per heavy atom. The zero-order valence-corrected chi connectivity index (χ0v) is 16.6. The number of ether oxygens (including phenoxy) is 1. The van der Waals surface area contributed by atoms with Gasteiger partial charge in [0.25, 0.3) is 5.91 Å². The third kappa shape index (κ3) is 4.06. The van der Waals surface area contributed by atoms with Gasteiger partial charge in [-0.1, -0.05) is 36.4 Å². The van der Waals surface area contributed by atoms with Crippen LogP contribution in [0.4, 0.5) is 0 Å². The maximum atomic E-state index is 11.3. The Balaban J connectivity index is 1.45. The fourth-order valence-corrected chi connectivity index (χ4v) is 3.53. The molecule has 0 bridgehead atoms. The number of hydrogen-bond donors (Lipinski definition) is 2. The second-order valence-corrected chi connectivity index (χ2v) is 7.20. The van der Waals surface area contributed by atoms with E-state index < -0.39 is 12.0 Å². The molecule has 0 aliphatic carbocycles. The molecule has 2 aromatic carbocycles. The molecule has 2 aromatic heterocycles. The van der Waals surface area contributed by atoms with E-state index in [-0.39, 0.29) is 11.7 Å². The minimum absolute atomic E-state index is 0.167. The maximum absolute atomic E-state index is 11.3. The van der Waals surface area contributed by atoms with Crippen LogP contribution in [0.1, 0.15) is 29.9 Å². The summed E-state index contributed by atoms with van der Waals surface area (Å²) >= 11 is 0. The number of benzene rings is 2. The van der Waals surface area contributed by atoms with Gasteiger partial charge in [0, 0.05) is 29.0 Å². The van der Waals surface area contributed by atoms with E-state index in [1.165, 1.54) is 6.33 Å². The summed E-state index contributed by atoms with van der Waals surface area (Å²) in [4.78, 5) is 15.2. The van der Waals surface area contributed by atoms with Crippen molar-refractivity contribution in [2.24, 2.45) is 5.73 Å². The van der Waals surface area contributed by atoms with Crippen LogP contribution >= 0.6 is 0 Å². The van der Waals surface area contributed by atoms with E-state index in [1.807, 2.05) is 48.5 Å². The van der Waals surface area contributed by atoms with Crippen LogP contribution in [0.5, 0.6) is 5.75 Å². The normalized spacial score (nSPS) is 13.3. The number of carbonyl (C=O) groups excluding carboxylic acids is 1. The second kappa shape index (κ2) is 8.42. The highest BCUT2D eigenvalue weighted by Gasteiger charge is 2.19. The highest BCUT2D eigenvalue weighted by atomic mass is 16.5. The fourth-order valence-electron chi connectivity index (χ4n) is 3.53. The number of nitrogens with two attached hydrogens (primary N) is 1. The number of aliphatic hydroxyl groups is 1. The minimum Gasteiger partial charge on any atom is -0.493 e. The van der Waals surface area contributed by atoms with Crippen molar-refractivity contribution in [2.75, 3.05) is 6.61 Å². The van der Waals surface area contributed by atoms with Crippen LogP contribution in [0.3, 0.4) is 0 Å². The van der Waals surface area contributed by atoms with E-state index in [1.54, 1.807) is 24.0 Å². The van der Waals surface area contributed by atoms with Gasteiger partial charge in [-0.25, -0.2) is 4.98 Å². The molecule has 7 nitrogen and oxygen atoms in total. The molecule has 3 N–H and O–H groups in total. The number of amides is 1. The lowest BCUT2D eigenvalue weighted by atomic mass is 10.1. The quantitative estimate of drug-likeness (QED) is 0.464. The summed E-state index contributed by atoms with van der Waals surface area (Å²) in [6, 6.07) is 15.4. The number of fused-ring (bicyclic) bond motifs is 1. The molecule has 154 valence electrons. The summed E-state index contributed by atoms with van der Waals surface area (Å²) in [6.45, 7) is 2.07. The van der Waals surface area contributed by atoms with Crippen molar-refractivity contribution >= 4 is 16.7 Å². The number of rotatable bonds is 8. The van der Waals surface area contributed by atoms with Gasteiger partial charge >= 0.3 is 0 Å². The van der Waals surface area contributed by atoms with Crippen LogP contribution in [-0.4, -0.2) is 33.3 Å². The largest absolute Gasteiger partial charge is 0.493 e. The molecule has 4 aromatic rings. The van der Waals surface area contributed by atoms with Crippen molar-refractivity contribution in [3.05, 3.63) is 73.0 Å². The molecule has 30 heavy (non-hydrogen) atoms.